The van der Waals surface area contributed by atoms with Crippen LogP contribution >= 0.6 is 11.3 Å². The number of aliphatic carboxylic acids is 1. The SMILES string of the molecule is CC(CCC(=O)O)CNc1nccs1. The number of carboxylic acids is 1. The lowest BCUT2D eigenvalue weighted by molar-refractivity contribution is -0.137. The van der Waals surface area contributed by atoms with E-state index in [2.05, 4.69) is 10.3 Å². The van der Waals surface area contributed by atoms with Gasteiger partial charge in [0.05, 0.1) is 0 Å². The van der Waals surface area contributed by atoms with Crippen LogP contribution in [0.15, 0.2) is 11.6 Å². The van der Waals surface area contributed by atoms with Gasteiger partial charge in [0.2, 0.25) is 0 Å². The molecule has 14 heavy (non-hydrogen) atoms. The molecule has 78 valence electrons. The number of hydrogen-bond donors (Lipinski definition) is 2. The predicted octanol–water partition coefficient (Wildman–Crippen LogP) is 2.06. The van der Waals surface area contributed by atoms with Gasteiger partial charge in [0.15, 0.2) is 5.13 Å². The Hall–Kier alpha value is -1.10. The third kappa shape index (κ3) is 4.23. The Morgan fingerprint density at radius 3 is 3.14 bits per heavy atom. The molecule has 0 amide bonds. The Morgan fingerprint density at radius 2 is 2.57 bits per heavy atom. The molecule has 0 aromatic carbocycles. The van der Waals surface area contributed by atoms with Crippen molar-refractivity contribution < 1.29 is 9.90 Å². The monoisotopic (exact) mass is 214 g/mol. The first-order valence-corrected chi connectivity index (χ1v) is 5.41. The normalized spacial score (nSPS) is 12.4. The molecule has 2 N–H and O–H groups in total. The van der Waals surface area contributed by atoms with Gasteiger partial charge in [-0.15, -0.1) is 11.3 Å². The fraction of sp³-hybridized carbons (Fsp3) is 0.556. The van der Waals surface area contributed by atoms with E-state index in [-0.39, 0.29) is 6.42 Å². The highest BCUT2D eigenvalue weighted by atomic mass is 32.1. The second-order valence-electron chi connectivity index (χ2n) is 3.26. The maximum absolute atomic E-state index is 10.3. The molecule has 0 bridgehead atoms. The standard InChI is InChI=1S/C9H14N2O2S/c1-7(2-3-8(12)13)6-11-9-10-4-5-14-9/h4-5,7H,2-3,6H2,1H3,(H,10,11)(H,12,13). The summed E-state index contributed by atoms with van der Waals surface area (Å²) in [6.45, 7) is 2.81. The zero-order valence-electron chi connectivity index (χ0n) is 8.06. The minimum Gasteiger partial charge on any atom is -0.481 e. The van der Waals surface area contributed by atoms with Gasteiger partial charge in [-0.3, -0.25) is 4.79 Å². The molecule has 0 aliphatic carbocycles. The van der Waals surface area contributed by atoms with Gasteiger partial charge in [-0.1, -0.05) is 6.92 Å². The fourth-order valence-corrected chi connectivity index (χ4v) is 1.58. The van der Waals surface area contributed by atoms with Crippen molar-refractivity contribution in [2.24, 2.45) is 5.92 Å². The van der Waals surface area contributed by atoms with E-state index in [0.717, 1.165) is 11.7 Å². The molecule has 0 saturated heterocycles. The van der Waals surface area contributed by atoms with Gasteiger partial charge >= 0.3 is 5.97 Å². The third-order valence-electron chi connectivity index (χ3n) is 1.89. The van der Waals surface area contributed by atoms with E-state index in [1.807, 2.05) is 12.3 Å². The lowest BCUT2D eigenvalue weighted by Crippen LogP contribution is -2.12. The highest BCUT2D eigenvalue weighted by molar-refractivity contribution is 7.13. The van der Waals surface area contributed by atoms with E-state index in [4.69, 9.17) is 5.11 Å². The Kier molecular flexibility index (Phi) is 4.39. The van der Waals surface area contributed by atoms with Gasteiger partial charge in [-0.25, -0.2) is 4.98 Å². The number of anilines is 1. The molecular formula is C9H14N2O2S. The van der Waals surface area contributed by atoms with Gasteiger partial charge in [0.25, 0.3) is 0 Å². The number of rotatable bonds is 6. The first-order chi connectivity index (χ1) is 6.68. The average Bonchev–Trinajstić information content (AvgIpc) is 2.63. The minimum atomic E-state index is -0.730. The van der Waals surface area contributed by atoms with Crippen molar-refractivity contribution in [3.05, 3.63) is 11.6 Å². The molecule has 4 nitrogen and oxygen atoms in total. The van der Waals surface area contributed by atoms with Crippen LogP contribution in [0.2, 0.25) is 0 Å². The fourth-order valence-electron chi connectivity index (χ4n) is 1.04. The van der Waals surface area contributed by atoms with Crippen molar-refractivity contribution >= 4 is 22.4 Å². The van der Waals surface area contributed by atoms with Crippen LogP contribution in [0.4, 0.5) is 5.13 Å². The van der Waals surface area contributed by atoms with E-state index >= 15 is 0 Å². The second kappa shape index (κ2) is 5.59. The van der Waals surface area contributed by atoms with E-state index in [1.54, 1.807) is 17.5 Å². The van der Waals surface area contributed by atoms with Crippen molar-refractivity contribution in [3.8, 4) is 0 Å². The molecule has 0 spiro atoms. The summed E-state index contributed by atoms with van der Waals surface area (Å²) in [5, 5.41) is 14.4. The summed E-state index contributed by atoms with van der Waals surface area (Å²) in [5.74, 6) is -0.374. The Labute approximate surface area is 87.0 Å². The molecule has 1 heterocycles. The minimum absolute atomic E-state index is 0.237. The van der Waals surface area contributed by atoms with E-state index in [0.29, 0.717) is 12.3 Å². The Bertz CT molecular complexity index is 274. The van der Waals surface area contributed by atoms with Crippen molar-refractivity contribution in [2.75, 3.05) is 11.9 Å². The van der Waals surface area contributed by atoms with E-state index < -0.39 is 5.97 Å². The van der Waals surface area contributed by atoms with Crippen molar-refractivity contribution in [1.82, 2.24) is 4.98 Å². The van der Waals surface area contributed by atoms with Gasteiger partial charge in [0, 0.05) is 24.5 Å². The molecule has 5 heteroatoms. The molecule has 1 aromatic heterocycles. The summed E-state index contributed by atoms with van der Waals surface area (Å²) in [4.78, 5) is 14.4. The Morgan fingerprint density at radius 1 is 1.79 bits per heavy atom. The number of thiazole rings is 1. The molecule has 1 unspecified atom stereocenters. The van der Waals surface area contributed by atoms with E-state index in [9.17, 15) is 4.79 Å². The molecule has 1 aromatic rings. The number of carboxylic acid groups (broad SMARTS) is 1. The van der Waals surface area contributed by atoms with Crippen molar-refractivity contribution in [2.45, 2.75) is 19.8 Å². The molecule has 0 fully saturated rings. The third-order valence-corrected chi connectivity index (χ3v) is 2.62. The zero-order chi connectivity index (χ0) is 10.4. The van der Waals surface area contributed by atoms with Crippen molar-refractivity contribution in [3.63, 3.8) is 0 Å². The molecule has 0 aliphatic rings. The van der Waals surface area contributed by atoms with Crippen LogP contribution in [0.5, 0.6) is 0 Å². The second-order valence-corrected chi connectivity index (χ2v) is 4.15. The smallest absolute Gasteiger partial charge is 0.303 e. The number of nitrogens with one attached hydrogen (secondary N) is 1. The summed E-state index contributed by atoms with van der Waals surface area (Å²) >= 11 is 1.55. The molecular weight excluding hydrogens is 200 g/mol. The van der Waals surface area contributed by atoms with E-state index in [1.165, 1.54) is 0 Å². The highest BCUT2D eigenvalue weighted by Crippen LogP contribution is 2.12. The lowest BCUT2D eigenvalue weighted by atomic mass is 10.1. The van der Waals surface area contributed by atoms with Crippen molar-refractivity contribution in [1.29, 1.82) is 0 Å². The van der Waals surface area contributed by atoms with Crippen LogP contribution in [0, 0.1) is 5.92 Å². The number of aromatic nitrogens is 1. The summed E-state index contributed by atoms with van der Waals surface area (Å²) in [7, 11) is 0. The summed E-state index contributed by atoms with van der Waals surface area (Å²) in [6.07, 6.45) is 2.68. The van der Waals surface area contributed by atoms with Crippen LogP contribution in [0.25, 0.3) is 0 Å². The Balaban J connectivity index is 2.15. The van der Waals surface area contributed by atoms with Gasteiger partial charge in [0.1, 0.15) is 0 Å². The van der Waals surface area contributed by atoms with Crippen LogP contribution in [0.3, 0.4) is 0 Å². The summed E-state index contributed by atoms with van der Waals surface area (Å²) < 4.78 is 0. The number of nitrogens with zero attached hydrogens (tertiary/aromatic N) is 1. The lowest BCUT2D eigenvalue weighted by Gasteiger charge is -2.09. The maximum Gasteiger partial charge on any atom is 0.303 e. The van der Waals surface area contributed by atoms with Gasteiger partial charge in [-0.05, 0) is 12.3 Å². The van der Waals surface area contributed by atoms with Crippen LogP contribution < -0.4 is 5.32 Å². The molecule has 1 rings (SSSR count). The zero-order valence-corrected chi connectivity index (χ0v) is 8.88. The molecule has 0 radical (unpaired) electrons. The molecule has 1 atom stereocenters. The average molecular weight is 214 g/mol. The summed E-state index contributed by atoms with van der Waals surface area (Å²) in [6, 6.07) is 0. The van der Waals surface area contributed by atoms with Crippen LogP contribution in [-0.4, -0.2) is 22.6 Å². The maximum atomic E-state index is 10.3. The molecule has 0 saturated carbocycles. The quantitative estimate of drug-likeness (QED) is 0.760. The highest BCUT2D eigenvalue weighted by Gasteiger charge is 2.05. The number of carbonyl (C=O) groups is 1. The predicted molar refractivity (Wildman–Crippen MR) is 56.6 cm³/mol. The largest absolute Gasteiger partial charge is 0.481 e. The number of hydrogen-bond acceptors (Lipinski definition) is 4. The first kappa shape index (κ1) is 11.0. The van der Waals surface area contributed by atoms with Crippen LogP contribution in [0.1, 0.15) is 19.8 Å². The first-order valence-electron chi connectivity index (χ1n) is 4.53. The van der Waals surface area contributed by atoms with Crippen LogP contribution in [-0.2, 0) is 4.79 Å². The topological polar surface area (TPSA) is 62.2 Å². The summed E-state index contributed by atoms with van der Waals surface area (Å²) in [5.41, 5.74) is 0. The van der Waals surface area contributed by atoms with Gasteiger partial charge < -0.3 is 10.4 Å². The van der Waals surface area contributed by atoms with Gasteiger partial charge in [-0.2, -0.15) is 0 Å². The molecule has 0 aliphatic heterocycles.